The first-order valence-corrected chi connectivity index (χ1v) is 9.88. The molecule has 0 spiro atoms. The van der Waals surface area contributed by atoms with Crippen molar-refractivity contribution in [3.05, 3.63) is 71.8 Å². The second-order valence-corrected chi connectivity index (χ2v) is 6.83. The van der Waals surface area contributed by atoms with E-state index in [1.165, 1.54) is 14.2 Å². The highest BCUT2D eigenvalue weighted by atomic mass is 16.7. The topological polar surface area (TPSA) is 107 Å². The summed E-state index contributed by atoms with van der Waals surface area (Å²) in [6.07, 6.45) is -3.82. The quantitative estimate of drug-likeness (QED) is 0.424. The number of esters is 3. The van der Waals surface area contributed by atoms with Crippen LogP contribution in [0.15, 0.2) is 60.7 Å². The summed E-state index contributed by atoms with van der Waals surface area (Å²) in [4.78, 5) is 36.6. The van der Waals surface area contributed by atoms with E-state index in [0.29, 0.717) is 11.1 Å². The van der Waals surface area contributed by atoms with Crippen LogP contribution < -0.4 is 0 Å². The second kappa shape index (κ2) is 11.4. The lowest BCUT2D eigenvalue weighted by Crippen LogP contribution is -2.42. The molecule has 0 aromatic heterocycles. The van der Waals surface area contributed by atoms with Gasteiger partial charge in [-0.25, -0.2) is 14.4 Å². The highest BCUT2D eigenvalue weighted by molar-refractivity contribution is 5.90. The zero-order valence-corrected chi connectivity index (χ0v) is 17.7. The van der Waals surface area contributed by atoms with E-state index >= 15 is 0 Å². The van der Waals surface area contributed by atoms with Gasteiger partial charge in [0.15, 0.2) is 12.4 Å². The Bertz CT molecular complexity index is 900. The van der Waals surface area contributed by atoms with Gasteiger partial charge in [-0.15, -0.1) is 0 Å². The van der Waals surface area contributed by atoms with E-state index in [0.717, 1.165) is 0 Å². The van der Waals surface area contributed by atoms with E-state index < -0.39 is 49.1 Å². The summed E-state index contributed by atoms with van der Waals surface area (Å²) in [7, 11) is 2.61. The van der Waals surface area contributed by atoms with Crippen molar-refractivity contribution >= 4 is 17.9 Å². The third-order valence-corrected chi connectivity index (χ3v) is 4.76. The number of hydrogen-bond acceptors (Lipinski definition) is 9. The van der Waals surface area contributed by atoms with Crippen LogP contribution in [0.25, 0.3) is 0 Å². The monoisotopic (exact) mass is 444 g/mol. The molecule has 1 fully saturated rings. The standard InChI is InChI=1S/C23H24O9/c1-27-18(24)14-29-20-19(32-22(26)16-11-7-4-8-12-16)17(31-23(20)28-2)13-30-21(25)15-9-5-3-6-10-15/h3-12,17,19-20,23H,13-14H2,1-2H3/t17-,19-,20-,23+/m1/s1. The van der Waals surface area contributed by atoms with Gasteiger partial charge in [-0.3, -0.25) is 0 Å². The number of carbonyl (C=O) groups is 3. The predicted molar refractivity (Wildman–Crippen MR) is 110 cm³/mol. The summed E-state index contributed by atoms with van der Waals surface area (Å²) in [6, 6.07) is 16.8. The van der Waals surface area contributed by atoms with Crippen molar-refractivity contribution in [2.24, 2.45) is 0 Å². The summed E-state index contributed by atoms with van der Waals surface area (Å²) in [5.74, 6) is -1.80. The molecule has 4 atom stereocenters. The van der Waals surface area contributed by atoms with Crippen molar-refractivity contribution in [3.8, 4) is 0 Å². The SMILES string of the molecule is COC(=O)CO[C@H]1[C@@H](OC)O[C@H](COC(=O)c2ccccc2)[C@H]1OC(=O)c1ccccc1. The minimum atomic E-state index is -1.01. The Morgan fingerprint density at radius 1 is 0.844 bits per heavy atom. The van der Waals surface area contributed by atoms with E-state index in [2.05, 4.69) is 4.74 Å². The summed E-state index contributed by atoms with van der Waals surface area (Å²) in [5.41, 5.74) is 0.685. The van der Waals surface area contributed by atoms with Crippen molar-refractivity contribution in [2.75, 3.05) is 27.4 Å². The van der Waals surface area contributed by atoms with Gasteiger partial charge in [-0.05, 0) is 24.3 Å². The van der Waals surface area contributed by atoms with Crippen LogP contribution >= 0.6 is 0 Å². The van der Waals surface area contributed by atoms with Crippen molar-refractivity contribution in [1.29, 1.82) is 0 Å². The summed E-state index contributed by atoms with van der Waals surface area (Å²) in [6.45, 7) is -0.626. The van der Waals surface area contributed by atoms with E-state index in [4.69, 9.17) is 23.7 Å². The highest BCUT2D eigenvalue weighted by Gasteiger charge is 2.49. The molecule has 0 saturated carbocycles. The summed E-state index contributed by atoms with van der Waals surface area (Å²) < 4.78 is 32.3. The Morgan fingerprint density at radius 3 is 2.00 bits per heavy atom. The summed E-state index contributed by atoms with van der Waals surface area (Å²) in [5, 5.41) is 0. The van der Waals surface area contributed by atoms with Gasteiger partial charge in [0.05, 0.1) is 18.2 Å². The van der Waals surface area contributed by atoms with Gasteiger partial charge in [0.1, 0.15) is 25.4 Å². The van der Waals surface area contributed by atoms with E-state index in [1.54, 1.807) is 60.7 Å². The molecular weight excluding hydrogens is 420 g/mol. The van der Waals surface area contributed by atoms with Gasteiger partial charge in [-0.2, -0.15) is 0 Å². The minimum absolute atomic E-state index is 0.224. The van der Waals surface area contributed by atoms with Crippen LogP contribution in [0, 0.1) is 0 Å². The lowest BCUT2D eigenvalue weighted by molar-refractivity contribution is -0.174. The fourth-order valence-corrected chi connectivity index (χ4v) is 3.14. The first kappa shape index (κ1) is 23.4. The van der Waals surface area contributed by atoms with Crippen molar-refractivity contribution in [3.63, 3.8) is 0 Å². The first-order valence-electron chi connectivity index (χ1n) is 9.88. The van der Waals surface area contributed by atoms with Crippen LogP contribution in [0.4, 0.5) is 0 Å². The maximum absolute atomic E-state index is 12.7. The number of rotatable bonds is 9. The molecule has 0 aliphatic carbocycles. The normalized spacial score (nSPS) is 22.2. The number of methoxy groups -OCH3 is 2. The Morgan fingerprint density at radius 2 is 1.44 bits per heavy atom. The van der Waals surface area contributed by atoms with Crippen molar-refractivity contribution in [1.82, 2.24) is 0 Å². The number of carbonyl (C=O) groups excluding carboxylic acids is 3. The van der Waals surface area contributed by atoms with Gasteiger partial charge >= 0.3 is 17.9 Å². The summed E-state index contributed by atoms with van der Waals surface area (Å²) >= 11 is 0. The third-order valence-electron chi connectivity index (χ3n) is 4.76. The van der Waals surface area contributed by atoms with Gasteiger partial charge in [0.25, 0.3) is 0 Å². The fourth-order valence-electron chi connectivity index (χ4n) is 3.14. The van der Waals surface area contributed by atoms with Crippen LogP contribution in [-0.2, 0) is 33.2 Å². The van der Waals surface area contributed by atoms with Gasteiger partial charge in [-0.1, -0.05) is 36.4 Å². The molecule has 0 unspecified atom stereocenters. The maximum atomic E-state index is 12.7. The van der Waals surface area contributed by atoms with Crippen LogP contribution in [0.1, 0.15) is 20.7 Å². The van der Waals surface area contributed by atoms with E-state index in [-0.39, 0.29) is 6.61 Å². The Labute approximate surface area is 185 Å². The molecular formula is C23H24O9. The number of ether oxygens (including phenoxy) is 6. The molecule has 32 heavy (non-hydrogen) atoms. The van der Waals surface area contributed by atoms with E-state index in [9.17, 15) is 14.4 Å². The molecule has 1 saturated heterocycles. The molecule has 1 aliphatic rings. The molecule has 1 heterocycles. The van der Waals surface area contributed by atoms with Crippen molar-refractivity contribution < 1.29 is 42.8 Å². The Balaban J connectivity index is 1.75. The first-order chi connectivity index (χ1) is 15.5. The molecule has 0 radical (unpaired) electrons. The van der Waals surface area contributed by atoms with Crippen LogP contribution in [0.5, 0.6) is 0 Å². The predicted octanol–water partition coefficient (Wildman–Crippen LogP) is 2.00. The Kier molecular flexibility index (Phi) is 8.32. The number of hydrogen-bond donors (Lipinski definition) is 0. The fraction of sp³-hybridized carbons (Fsp3) is 0.348. The molecule has 0 amide bonds. The molecule has 1 aliphatic heterocycles. The molecule has 9 nitrogen and oxygen atoms in total. The van der Waals surface area contributed by atoms with Crippen molar-refractivity contribution in [2.45, 2.75) is 24.6 Å². The van der Waals surface area contributed by atoms with Gasteiger partial charge in [0.2, 0.25) is 0 Å². The minimum Gasteiger partial charge on any atom is -0.467 e. The number of benzene rings is 2. The zero-order valence-electron chi connectivity index (χ0n) is 17.7. The smallest absolute Gasteiger partial charge is 0.338 e. The largest absolute Gasteiger partial charge is 0.467 e. The molecule has 2 aromatic rings. The van der Waals surface area contributed by atoms with Gasteiger partial charge < -0.3 is 28.4 Å². The second-order valence-electron chi connectivity index (χ2n) is 6.83. The molecule has 3 rings (SSSR count). The average molecular weight is 444 g/mol. The van der Waals surface area contributed by atoms with E-state index in [1.807, 2.05) is 0 Å². The average Bonchev–Trinajstić information content (AvgIpc) is 3.18. The lowest BCUT2D eigenvalue weighted by Gasteiger charge is -2.23. The molecule has 2 aromatic carbocycles. The zero-order chi connectivity index (χ0) is 22.9. The molecule has 9 heteroatoms. The maximum Gasteiger partial charge on any atom is 0.338 e. The van der Waals surface area contributed by atoms with Crippen LogP contribution in [-0.4, -0.2) is 69.9 Å². The Hall–Kier alpha value is -3.27. The van der Waals surface area contributed by atoms with Crippen LogP contribution in [0.2, 0.25) is 0 Å². The molecule has 170 valence electrons. The third kappa shape index (κ3) is 5.91. The van der Waals surface area contributed by atoms with Gasteiger partial charge in [0, 0.05) is 7.11 Å². The lowest BCUT2D eigenvalue weighted by atomic mass is 10.1. The molecule has 0 bridgehead atoms. The van der Waals surface area contributed by atoms with Crippen LogP contribution in [0.3, 0.4) is 0 Å². The molecule has 0 N–H and O–H groups in total. The highest BCUT2D eigenvalue weighted by Crippen LogP contribution is 2.28.